The van der Waals surface area contributed by atoms with Crippen LogP contribution in [-0.4, -0.2) is 36.3 Å². The number of furan rings is 1. The van der Waals surface area contributed by atoms with Gasteiger partial charge in [0.25, 0.3) is 5.91 Å². The van der Waals surface area contributed by atoms with Gasteiger partial charge in [0.05, 0.1) is 23.5 Å². The molecule has 0 bridgehead atoms. The van der Waals surface area contributed by atoms with Crippen LogP contribution in [0.4, 0.5) is 5.69 Å². The molecule has 1 aromatic carbocycles. The lowest BCUT2D eigenvalue weighted by atomic mass is 9.86. The molecule has 1 spiro atoms. The molecule has 6 heteroatoms. The molecule has 2 aliphatic rings. The van der Waals surface area contributed by atoms with Crippen LogP contribution in [0, 0.1) is 23.7 Å². The predicted molar refractivity (Wildman–Crippen MR) is 94.5 cm³/mol. The standard InChI is InChI=1S/C20H19N3O3/c1-14-17(6-9-26-14)19(25)22-8-7-20(12-22)10-18(24)23(13-20)16-4-2-15(11-21)3-5-16/h2-6,9H,7-8,10,12-13H2,1H3/t20-/m1/s1. The summed E-state index contributed by atoms with van der Waals surface area (Å²) in [5.74, 6) is 0.665. The minimum atomic E-state index is -0.196. The predicted octanol–water partition coefficient (Wildman–Crippen LogP) is 2.73. The number of hydrogen-bond acceptors (Lipinski definition) is 4. The van der Waals surface area contributed by atoms with Crippen LogP contribution < -0.4 is 4.90 Å². The molecule has 2 saturated heterocycles. The summed E-state index contributed by atoms with van der Waals surface area (Å²) in [6.45, 7) is 3.61. The van der Waals surface area contributed by atoms with Crippen molar-refractivity contribution >= 4 is 17.5 Å². The first-order valence-electron chi connectivity index (χ1n) is 8.65. The van der Waals surface area contributed by atoms with Gasteiger partial charge < -0.3 is 14.2 Å². The number of hydrogen-bond donors (Lipinski definition) is 0. The van der Waals surface area contributed by atoms with Crippen LogP contribution in [0.25, 0.3) is 0 Å². The third kappa shape index (κ3) is 2.66. The van der Waals surface area contributed by atoms with E-state index in [0.29, 0.717) is 42.9 Å². The highest BCUT2D eigenvalue weighted by Gasteiger charge is 2.49. The average molecular weight is 349 g/mol. The van der Waals surface area contributed by atoms with Gasteiger partial charge in [0.2, 0.25) is 5.91 Å². The number of nitrogens with zero attached hydrogens (tertiary/aromatic N) is 3. The van der Waals surface area contributed by atoms with Gasteiger partial charge in [0.1, 0.15) is 5.76 Å². The van der Waals surface area contributed by atoms with Crippen LogP contribution in [0.3, 0.4) is 0 Å². The molecule has 0 saturated carbocycles. The Hall–Kier alpha value is -3.07. The Morgan fingerprint density at radius 1 is 1.23 bits per heavy atom. The van der Waals surface area contributed by atoms with Crippen molar-refractivity contribution in [1.29, 1.82) is 5.26 Å². The topological polar surface area (TPSA) is 77.6 Å². The van der Waals surface area contributed by atoms with Gasteiger partial charge in [0.15, 0.2) is 0 Å². The van der Waals surface area contributed by atoms with Gasteiger partial charge in [-0.15, -0.1) is 0 Å². The van der Waals surface area contributed by atoms with Crippen LogP contribution in [0.2, 0.25) is 0 Å². The van der Waals surface area contributed by atoms with Crippen molar-refractivity contribution in [2.24, 2.45) is 5.41 Å². The maximum atomic E-state index is 12.7. The van der Waals surface area contributed by atoms with Gasteiger partial charge in [-0.1, -0.05) is 0 Å². The smallest absolute Gasteiger partial charge is 0.257 e. The average Bonchev–Trinajstić information content (AvgIpc) is 3.34. The quantitative estimate of drug-likeness (QED) is 0.835. The molecule has 2 fully saturated rings. The lowest BCUT2D eigenvalue weighted by Gasteiger charge is -2.24. The lowest BCUT2D eigenvalue weighted by Crippen LogP contribution is -2.34. The number of likely N-dealkylation sites (tertiary alicyclic amines) is 1. The molecule has 26 heavy (non-hydrogen) atoms. The van der Waals surface area contributed by atoms with E-state index in [9.17, 15) is 9.59 Å². The summed E-state index contributed by atoms with van der Waals surface area (Å²) in [4.78, 5) is 28.9. The third-order valence-electron chi connectivity index (χ3n) is 5.44. The van der Waals surface area contributed by atoms with Crippen molar-refractivity contribution in [3.8, 4) is 6.07 Å². The fraction of sp³-hybridized carbons (Fsp3) is 0.350. The Labute approximate surface area is 151 Å². The SMILES string of the molecule is Cc1occc1C(=O)N1CC[C@@]2(CC(=O)N(c3ccc(C#N)cc3)C2)C1. The van der Waals surface area contributed by atoms with Gasteiger partial charge in [-0.2, -0.15) is 5.26 Å². The summed E-state index contributed by atoms with van der Waals surface area (Å²) in [7, 11) is 0. The summed E-state index contributed by atoms with van der Waals surface area (Å²) < 4.78 is 5.24. The molecule has 132 valence electrons. The Kier molecular flexibility index (Phi) is 3.80. The summed E-state index contributed by atoms with van der Waals surface area (Å²) in [6.07, 6.45) is 2.79. The van der Waals surface area contributed by atoms with Gasteiger partial charge in [0, 0.05) is 37.2 Å². The molecule has 3 heterocycles. The first-order chi connectivity index (χ1) is 12.5. The fourth-order valence-corrected chi connectivity index (χ4v) is 4.01. The highest BCUT2D eigenvalue weighted by Crippen LogP contribution is 2.42. The second kappa shape index (κ2) is 6.03. The minimum Gasteiger partial charge on any atom is -0.469 e. The molecule has 0 aliphatic carbocycles. The highest BCUT2D eigenvalue weighted by atomic mass is 16.3. The second-order valence-electron chi connectivity index (χ2n) is 7.18. The van der Waals surface area contributed by atoms with Crippen LogP contribution in [0.5, 0.6) is 0 Å². The zero-order chi connectivity index (χ0) is 18.3. The minimum absolute atomic E-state index is 0.0302. The van der Waals surface area contributed by atoms with Gasteiger partial charge >= 0.3 is 0 Å². The fourth-order valence-electron chi connectivity index (χ4n) is 4.01. The largest absolute Gasteiger partial charge is 0.469 e. The first kappa shape index (κ1) is 16.4. The Morgan fingerprint density at radius 2 is 2.00 bits per heavy atom. The van der Waals surface area contributed by atoms with Crippen LogP contribution in [0.15, 0.2) is 41.0 Å². The van der Waals surface area contributed by atoms with E-state index in [1.807, 2.05) is 17.0 Å². The van der Waals surface area contributed by atoms with Crippen molar-refractivity contribution in [2.75, 3.05) is 24.5 Å². The maximum Gasteiger partial charge on any atom is 0.257 e. The van der Waals surface area contributed by atoms with E-state index in [-0.39, 0.29) is 17.2 Å². The van der Waals surface area contributed by atoms with Crippen molar-refractivity contribution in [2.45, 2.75) is 19.8 Å². The molecule has 0 radical (unpaired) electrons. The summed E-state index contributed by atoms with van der Waals surface area (Å²) >= 11 is 0. The van der Waals surface area contributed by atoms with Crippen molar-refractivity contribution in [1.82, 2.24) is 4.90 Å². The molecule has 1 atom stereocenters. The lowest BCUT2D eigenvalue weighted by molar-refractivity contribution is -0.117. The Balaban J connectivity index is 1.50. The molecule has 2 aromatic rings. The Morgan fingerprint density at radius 3 is 2.65 bits per heavy atom. The van der Waals surface area contributed by atoms with E-state index in [0.717, 1.165) is 12.1 Å². The molecule has 0 N–H and O–H groups in total. The molecule has 0 unspecified atom stereocenters. The number of carbonyl (C=O) groups excluding carboxylic acids is 2. The van der Waals surface area contributed by atoms with Crippen molar-refractivity contribution in [3.63, 3.8) is 0 Å². The molecule has 4 rings (SSSR count). The molecule has 6 nitrogen and oxygen atoms in total. The number of nitriles is 1. The molecule has 2 amide bonds. The molecule has 1 aromatic heterocycles. The third-order valence-corrected chi connectivity index (χ3v) is 5.44. The number of rotatable bonds is 2. The molecular weight excluding hydrogens is 330 g/mol. The highest BCUT2D eigenvalue weighted by molar-refractivity contribution is 5.98. The van der Waals surface area contributed by atoms with Crippen molar-refractivity contribution in [3.05, 3.63) is 53.5 Å². The number of anilines is 1. The number of aryl methyl sites for hydroxylation is 1. The van der Waals surface area contributed by atoms with Crippen LogP contribution >= 0.6 is 0 Å². The first-order valence-corrected chi connectivity index (χ1v) is 8.65. The van der Waals surface area contributed by atoms with E-state index in [2.05, 4.69) is 6.07 Å². The van der Waals surface area contributed by atoms with E-state index in [1.165, 1.54) is 6.26 Å². The Bertz CT molecular complexity index is 909. The monoisotopic (exact) mass is 349 g/mol. The molecular formula is C20H19N3O3. The summed E-state index contributed by atoms with van der Waals surface area (Å²) in [5.41, 5.74) is 1.78. The van der Waals surface area contributed by atoms with E-state index >= 15 is 0 Å². The van der Waals surface area contributed by atoms with E-state index in [4.69, 9.17) is 9.68 Å². The summed E-state index contributed by atoms with van der Waals surface area (Å²) in [6, 6.07) is 10.8. The van der Waals surface area contributed by atoms with E-state index in [1.54, 1.807) is 30.0 Å². The zero-order valence-corrected chi connectivity index (χ0v) is 14.6. The van der Waals surface area contributed by atoms with Crippen molar-refractivity contribution < 1.29 is 14.0 Å². The maximum absolute atomic E-state index is 12.7. The number of amides is 2. The number of carbonyl (C=O) groups is 2. The zero-order valence-electron chi connectivity index (χ0n) is 14.6. The molecule has 2 aliphatic heterocycles. The second-order valence-corrected chi connectivity index (χ2v) is 7.18. The normalized spacial score (nSPS) is 22.2. The number of benzene rings is 1. The van der Waals surface area contributed by atoms with Crippen LogP contribution in [0.1, 0.15) is 34.5 Å². The van der Waals surface area contributed by atoms with Crippen LogP contribution in [-0.2, 0) is 4.79 Å². The summed E-state index contributed by atoms with van der Waals surface area (Å²) in [5, 5.41) is 8.92. The van der Waals surface area contributed by atoms with Gasteiger partial charge in [-0.05, 0) is 43.7 Å². The van der Waals surface area contributed by atoms with Gasteiger partial charge in [-0.3, -0.25) is 9.59 Å². The van der Waals surface area contributed by atoms with E-state index < -0.39 is 0 Å². The van der Waals surface area contributed by atoms with Gasteiger partial charge in [-0.25, -0.2) is 0 Å².